The van der Waals surface area contributed by atoms with Crippen molar-refractivity contribution in [3.05, 3.63) is 102 Å². The Morgan fingerprint density at radius 3 is 2.36 bits per heavy atom. The Balaban J connectivity index is 0.000000343. The summed E-state index contributed by atoms with van der Waals surface area (Å²) in [7, 11) is -2.17. The van der Waals surface area contributed by atoms with Crippen molar-refractivity contribution in [1.29, 1.82) is 0 Å². The number of halogens is 4. The van der Waals surface area contributed by atoms with Gasteiger partial charge in [0.15, 0.2) is 0 Å². The van der Waals surface area contributed by atoms with Gasteiger partial charge in [-0.1, -0.05) is 35.9 Å². The Morgan fingerprint density at radius 2 is 1.71 bits per heavy atom. The highest BCUT2D eigenvalue weighted by Crippen LogP contribution is 2.33. The van der Waals surface area contributed by atoms with E-state index in [4.69, 9.17) is 20.9 Å². The topological polar surface area (TPSA) is 135 Å². The van der Waals surface area contributed by atoms with Gasteiger partial charge in [-0.2, -0.15) is 26.6 Å². The number of hydrogen-bond donors (Lipinski definition) is 3. The molecular formula is C27H21ClF3N5O5S. The van der Waals surface area contributed by atoms with E-state index in [2.05, 4.69) is 20.6 Å². The highest BCUT2D eigenvalue weighted by molar-refractivity contribution is 7.85. The predicted molar refractivity (Wildman–Crippen MR) is 150 cm³/mol. The van der Waals surface area contributed by atoms with Crippen LogP contribution in [-0.2, 0) is 23.3 Å². The van der Waals surface area contributed by atoms with E-state index in [0.717, 1.165) is 12.1 Å². The minimum absolute atomic E-state index is 0.0104. The van der Waals surface area contributed by atoms with E-state index in [-0.39, 0.29) is 21.3 Å². The zero-order chi connectivity index (χ0) is 30.5. The molecule has 3 aromatic carbocycles. The molecule has 2 aromatic heterocycles. The van der Waals surface area contributed by atoms with Crippen LogP contribution in [0.1, 0.15) is 5.56 Å². The predicted octanol–water partition coefficient (Wildman–Crippen LogP) is 7.01. The van der Waals surface area contributed by atoms with Gasteiger partial charge in [-0.15, -0.1) is 0 Å². The Kier molecular flexibility index (Phi) is 8.99. The first-order valence-electron chi connectivity index (χ1n) is 11.8. The van der Waals surface area contributed by atoms with Crippen LogP contribution in [0.25, 0.3) is 11.0 Å². The van der Waals surface area contributed by atoms with Crippen molar-refractivity contribution in [2.75, 3.05) is 10.6 Å². The average Bonchev–Trinajstić information content (AvgIpc) is 3.32. The quantitative estimate of drug-likeness (QED) is 0.180. The van der Waals surface area contributed by atoms with Crippen LogP contribution < -0.4 is 15.4 Å². The number of carbonyl (C=O) groups is 1. The van der Waals surface area contributed by atoms with Crippen molar-refractivity contribution in [3.63, 3.8) is 0 Å². The number of nitrogens with one attached hydrogen (secondary N) is 2. The molecular weight excluding hydrogens is 599 g/mol. The van der Waals surface area contributed by atoms with Gasteiger partial charge in [-0.3, -0.25) is 4.55 Å². The third-order valence-corrected chi connectivity index (χ3v) is 6.70. The normalized spacial score (nSPS) is 11.4. The molecule has 0 bridgehead atoms. The first kappa shape index (κ1) is 30.3. The Hall–Kier alpha value is -4.66. The summed E-state index contributed by atoms with van der Waals surface area (Å²) in [5.74, 6) is 0.710. The first-order valence-corrected chi connectivity index (χ1v) is 13.6. The molecule has 2 heterocycles. The van der Waals surface area contributed by atoms with Crippen LogP contribution >= 0.6 is 11.6 Å². The number of amides is 2. The zero-order valence-electron chi connectivity index (χ0n) is 21.5. The van der Waals surface area contributed by atoms with Gasteiger partial charge in [-0.25, -0.2) is 9.78 Å². The molecule has 42 heavy (non-hydrogen) atoms. The van der Waals surface area contributed by atoms with E-state index in [1.165, 1.54) is 42.7 Å². The molecule has 0 saturated carbocycles. The molecule has 0 atom stereocenters. The molecule has 0 aliphatic heterocycles. The van der Waals surface area contributed by atoms with Crippen LogP contribution in [0.15, 0.2) is 96.3 Å². The maximum Gasteiger partial charge on any atom is 0.416 e. The number of urea groups is 1. The van der Waals surface area contributed by atoms with Crippen LogP contribution in [0.5, 0.6) is 11.6 Å². The summed E-state index contributed by atoms with van der Waals surface area (Å²) < 4.78 is 75.3. The van der Waals surface area contributed by atoms with Gasteiger partial charge < -0.3 is 19.9 Å². The maximum atomic E-state index is 12.8. The number of carbonyl (C=O) groups excluding carboxylic acids is 1. The number of ether oxygens (including phenoxy) is 1. The van der Waals surface area contributed by atoms with Crippen molar-refractivity contribution in [1.82, 2.24) is 14.5 Å². The summed E-state index contributed by atoms with van der Waals surface area (Å²) in [6.45, 7) is 0. The summed E-state index contributed by atoms with van der Waals surface area (Å²) in [6.07, 6.45) is -1.30. The highest BCUT2D eigenvalue weighted by Gasteiger charge is 2.30. The van der Waals surface area contributed by atoms with Gasteiger partial charge in [0.1, 0.15) is 17.6 Å². The lowest BCUT2D eigenvalue weighted by Crippen LogP contribution is -2.20. The van der Waals surface area contributed by atoms with Crippen molar-refractivity contribution in [2.45, 2.75) is 11.1 Å². The summed E-state index contributed by atoms with van der Waals surface area (Å²) >= 11 is 6.25. The third-order valence-electron chi connectivity index (χ3n) is 5.52. The van der Waals surface area contributed by atoms with E-state index in [1.807, 2.05) is 23.9 Å². The number of anilines is 2. The molecule has 3 N–H and O–H groups in total. The van der Waals surface area contributed by atoms with E-state index in [0.29, 0.717) is 22.7 Å². The monoisotopic (exact) mass is 619 g/mol. The standard InChI is InChI=1S/C21H15ClF3N5O2.C6H6O3S/c1-30-8-7-17-18(30)19(27-11-26-17)32-14-5-6-16(15(22)10-14)29-20(31)28-13-4-2-3-12(9-13)21(23,24)25;7-10(8,9)6-4-2-1-3-5-6/h2-11H,1H3,(H2,28,29,31);1-5H,(H,7,8,9). The van der Waals surface area contributed by atoms with Crippen molar-refractivity contribution < 1.29 is 35.7 Å². The number of nitrogens with zero attached hydrogens (tertiary/aromatic N) is 3. The Labute approximate surface area is 242 Å². The van der Waals surface area contributed by atoms with E-state index in [1.54, 1.807) is 24.3 Å². The van der Waals surface area contributed by atoms with Gasteiger partial charge >= 0.3 is 12.2 Å². The number of aryl methyl sites for hydroxylation is 1. The summed E-state index contributed by atoms with van der Waals surface area (Å²) in [4.78, 5) is 20.5. The van der Waals surface area contributed by atoms with Gasteiger partial charge in [0, 0.05) is 25.0 Å². The fourth-order valence-electron chi connectivity index (χ4n) is 3.58. The third kappa shape index (κ3) is 7.75. The molecule has 5 rings (SSSR count). The van der Waals surface area contributed by atoms with Crippen molar-refractivity contribution >= 4 is 50.2 Å². The molecule has 2 amide bonds. The second-order valence-electron chi connectivity index (χ2n) is 8.53. The minimum atomic E-state index is -4.51. The van der Waals surface area contributed by atoms with Gasteiger partial charge in [0.25, 0.3) is 10.1 Å². The maximum absolute atomic E-state index is 12.8. The van der Waals surface area contributed by atoms with Crippen LogP contribution in [0.4, 0.5) is 29.3 Å². The van der Waals surface area contributed by atoms with Gasteiger partial charge in [0.05, 0.1) is 26.7 Å². The molecule has 0 spiro atoms. The second-order valence-corrected chi connectivity index (χ2v) is 10.4. The number of rotatable bonds is 5. The SMILES string of the molecule is Cn1ccc2ncnc(Oc3ccc(NC(=O)Nc4cccc(C(F)(F)F)c4)c(Cl)c3)c21.O=S(=O)(O)c1ccccc1. The van der Waals surface area contributed by atoms with Crippen molar-refractivity contribution in [2.24, 2.45) is 7.05 Å². The van der Waals surface area contributed by atoms with E-state index in [9.17, 15) is 26.4 Å². The zero-order valence-corrected chi connectivity index (χ0v) is 23.1. The lowest BCUT2D eigenvalue weighted by Gasteiger charge is -2.12. The average molecular weight is 620 g/mol. The van der Waals surface area contributed by atoms with Gasteiger partial charge in [0.2, 0.25) is 5.88 Å². The minimum Gasteiger partial charge on any atom is -0.437 e. The molecule has 0 radical (unpaired) electrons. The Morgan fingerprint density at radius 1 is 0.976 bits per heavy atom. The van der Waals surface area contributed by atoms with Crippen LogP contribution in [0, 0.1) is 0 Å². The molecule has 0 aliphatic carbocycles. The van der Waals surface area contributed by atoms with E-state index < -0.39 is 27.9 Å². The molecule has 0 aliphatic rings. The fourth-order valence-corrected chi connectivity index (χ4v) is 4.30. The molecule has 5 aromatic rings. The molecule has 0 unspecified atom stereocenters. The summed E-state index contributed by atoms with van der Waals surface area (Å²) in [5, 5.41) is 5.01. The molecule has 15 heteroatoms. The number of fused-ring (bicyclic) bond motifs is 1. The number of alkyl halides is 3. The van der Waals surface area contributed by atoms with E-state index >= 15 is 0 Å². The Bertz CT molecular complexity index is 1830. The summed E-state index contributed by atoms with van der Waals surface area (Å²) in [5.41, 5.74) is 0.783. The first-order chi connectivity index (χ1) is 19.8. The van der Waals surface area contributed by atoms with Crippen LogP contribution in [0.2, 0.25) is 5.02 Å². The number of hydrogen-bond acceptors (Lipinski definition) is 6. The molecule has 10 nitrogen and oxygen atoms in total. The largest absolute Gasteiger partial charge is 0.437 e. The van der Waals surface area contributed by atoms with Gasteiger partial charge in [-0.05, 0) is 48.5 Å². The number of benzene rings is 3. The van der Waals surface area contributed by atoms with Crippen LogP contribution in [0.3, 0.4) is 0 Å². The highest BCUT2D eigenvalue weighted by atomic mass is 35.5. The summed E-state index contributed by atoms with van der Waals surface area (Å²) in [6, 6.07) is 17.4. The molecule has 0 fully saturated rings. The molecule has 218 valence electrons. The fraction of sp³-hybridized carbons (Fsp3) is 0.0741. The smallest absolute Gasteiger partial charge is 0.416 e. The van der Waals surface area contributed by atoms with Crippen LogP contribution in [-0.4, -0.2) is 33.5 Å². The number of aromatic nitrogens is 3. The van der Waals surface area contributed by atoms with Crippen molar-refractivity contribution in [3.8, 4) is 11.6 Å². The lowest BCUT2D eigenvalue weighted by molar-refractivity contribution is -0.137. The second kappa shape index (κ2) is 12.5. The lowest BCUT2D eigenvalue weighted by atomic mass is 10.2. The molecule has 0 saturated heterocycles.